The van der Waals surface area contributed by atoms with Crippen LogP contribution in [0.15, 0.2) is 18.2 Å². The minimum atomic E-state index is -0.329. The average Bonchev–Trinajstić information content (AvgIpc) is 2.82. The van der Waals surface area contributed by atoms with Gasteiger partial charge in [0.15, 0.2) is 11.6 Å². The standard InChI is InChI=1S/C13H18FNO/c1-16-12-8-10(6-7-11(12)14)13(15)9-4-2-3-5-9/h6-9,13H,2-5,15H2,1H3/t13-/m0/s1. The lowest BCUT2D eigenvalue weighted by molar-refractivity contribution is 0.382. The van der Waals surface area contributed by atoms with E-state index in [2.05, 4.69) is 0 Å². The summed E-state index contributed by atoms with van der Waals surface area (Å²) in [4.78, 5) is 0. The van der Waals surface area contributed by atoms with E-state index in [1.54, 1.807) is 12.1 Å². The zero-order valence-electron chi connectivity index (χ0n) is 9.58. The molecule has 1 aromatic carbocycles. The molecule has 1 aliphatic carbocycles. The lowest BCUT2D eigenvalue weighted by Crippen LogP contribution is -2.19. The second-order valence-corrected chi connectivity index (χ2v) is 4.46. The Balaban J connectivity index is 2.19. The van der Waals surface area contributed by atoms with Crippen molar-refractivity contribution in [3.05, 3.63) is 29.6 Å². The van der Waals surface area contributed by atoms with E-state index in [4.69, 9.17) is 10.5 Å². The molecule has 0 radical (unpaired) electrons. The van der Waals surface area contributed by atoms with Gasteiger partial charge in [-0.15, -0.1) is 0 Å². The highest BCUT2D eigenvalue weighted by Gasteiger charge is 2.23. The first-order chi connectivity index (χ1) is 7.72. The first kappa shape index (κ1) is 11.4. The fourth-order valence-electron chi connectivity index (χ4n) is 2.47. The smallest absolute Gasteiger partial charge is 0.165 e. The summed E-state index contributed by atoms with van der Waals surface area (Å²) in [6.45, 7) is 0. The Labute approximate surface area is 95.6 Å². The van der Waals surface area contributed by atoms with Crippen LogP contribution in [0.3, 0.4) is 0 Å². The van der Waals surface area contributed by atoms with Crippen LogP contribution in [-0.4, -0.2) is 7.11 Å². The number of hydrogen-bond acceptors (Lipinski definition) is 2. The first-order valence-electron chi connectivity index (χ1n) is 5.81. The molecule has 88 valence electrons. The van der Waals surface area contributed by atoms with Crippen molar-refractivity contribution in [1.29, 1.82) is 0 Å². The predicted octanol–water partition coefficient (Wildman–Crippen LogP) is 3.02. The van der Waals surface area contributed by atoms with Crippen LogP contribution in [0.2, 0.25) is 0 Å². The third-order valence-corrected chi connectivity index (χ3v) is 3.47. The van der Waals surface area contributed by atoms with Crippen LogP contribution in [0.5, 0.6) is 5.75 Å². The minimum absolute atomic E-state index is 0.0111. The Morgan fingerprint density at radius 3 is 2.69 bits per heavy atom. The molecule has 1 atom stereocenters. The topological polar surface area (TPSA) is 35.2 Å². The van der Waals surface area contributed by atoms with Gasteiger partial charge in [-0.1, -0.05) is 18.9 Å². The molecule has 0 bridgehead atoms. The van der Waals surface area contributed by atoms with Crippen LogP contribution >= 0.6 is 0 Å². The minimum Gasteiger partial charge on any atom is -0.494 e. The zero-order chi connectivity index (χ0) is 11.5. The Morgan fingerprint density at radius 1 is 1.38 bits per heavy atom. The van der Waals surface area contributed by atoms with Crippen LogP contribution in [0, 0.1) is 11.7 Å². The molecule has 3 heteroatoms. The van der Waals surface area contributed by atoms with Gasteiger partial charge in [0.1, 0.15) is 0 Å². The van der Waals surface area contributed by atoms with Gasteiger partial charge in [0.2, 0.25) is 0 Å². The van der Waals surface area contributed by atoms with E-state index >= 15 is 0 Å². The number of halogens is 1. The van der Waals surface area contributed by atoms with E-state index in [0.717, 1.165) is 5.56 Å². The normalized spacial score (nSPS) is 18.7. The molecule has 2 N–H and O–H groups in total. The predicted molar refractivity (Wildman–Crippen MR) is 61.8 cm³/mol. The lowest BCUT2D eigenvalue weighted by Gasteiger charge is -2.19. The molecule has 0 aromatic heterocycles. The molecule has 2 rings (SSSR count). The molecule has 1 aliphatic rings. The number of ether oxygens (including phenoxy) is 1. The first-order valence-corrected chi connectivity index (χ1v) is 5.81. The molecule has 1 saturated carbocycles. The molecule has 0 unspecified atom stereocenters. The van der Waals surface area contributed by atoms with Gasteiger partial charge in [-0.25, -0.2) is 4.39 Å². The second-order valence-electron chi connectivity index (χ2n) is 4.46. The SMILES string of the molecule is COc1cc([C@@H](N)C2CCCC2)ccc1F. The summed E-state index contributed by atoms with van der Waals surface area (Å²) in [5, 5.41) is 0. The summed E-state index contributed by atoms with van der Waals surface area (Å²) in [6, 6.07) is 4.93. The number of methoxy groups -OCH3 is 1. The molecular weight excluding hydrogens is 205 g/mol. The highest BCUT2D eigenvalue weighted by atomic mass is 19.1. The Morgan fingerprint density at radius 2 is 2.06 bits per heavy atom. The van der Waals surface area contributed by atoms with E-state index in [0.29, 0.717) is 5.92 Å². The third kappa shape index (κ3) is 2.19. The molecule has 1 fully saturated rings. The molecule has 0 heterocycles. The number of benzene rings is 1. The zero-order valence-corrected chi connectivity index (χ0v) is 9.58. The highest BCUT2D eigenvalue weighted by molar-refractivity contribution is 5.32. The average molecular weight is 223 g/mol. The monoisotopic (exact) mass is 223 g/mol. The van der Waals surface area contributed by atoms with Gasteiger partial charge >= 0.3 is 0 Å². The number of hydrogen-bond donors (Lipinski definition) is 1. The summed E-state index contributed by atoms with van der Waals surface area (Å²) in [7, 11) is 1.48. The van der Waals surface area contributed by atoms with Crippen molar-refractivity contribution in [3.8, 4) is 5.75 Å². The van der Waals surface area contributed by atoms with Gasteiger partial charge in [0.25, 0.3) is 0 Å². The molecule has 0 amide bonds. The molecule has 2 nitrogen and oxygen atoms in total. The van der Waals surface area contributed by atoms with Crippen molar-refractivity contribution in [2.45, 2.75) is 31.7 Å². The van der Waals surface area contributed by atoms with E-state index < -0.39 is 0 Å². The van der Waals surface area contributed by atoms with Crippen LogP contribution in [0.25, 0.3) is 0 Å². The van der Waals surface area contributed by atoms with E-state index in [9.17, 15) is 4.39 Å². The van der Waals surface area contributed by atoms with Gasteiger partial charge in [-0.2, -0.15) is 0 Å². The fraction of sp³-hybridized carbons (Fsp3) is 0.538. The summed E-state index contributed by atoms with van der Waals surface area (Å²) < 4.78 is 18.2. The van der Waals surface area contributed by atoms with Gasteiger partial charge in [0.05, 0.1) is 7.11 Å². The maximum Gasteiger partial charge on any atom is 0.165 e. The maximum atomic E-state index is 13.2. The van der Waals surface area contributed by atoms with Gasteiger partial charge < -0.3 is 10.5 Å². The fourth-order valence-corrected chi connectivity index (χ4v) is 2.47. The lowest BCUT2D eigenvalue weighted by atomic mass is 9.92. The Hall–Kier alpha value is -1.09. The largest absolute Gasteiger partial charge is 0.494 e. The summed E-state index contributed by atoms with van der Waals surface area (Å²) in [6.07, 6.45) is 4.88. The number of rotatable bonds is 3. The maximum absolute atomic E-state index is 13.2. The molecule has 1 aromatic rings. The van der Waals surface area contributed by atoms with Crippen LogP contribution < -0.4 is 10.5 Å². The third-order valence-electron chi connectivity index (χ3n) is 3.47. The Bertz CT molecular complexity index is 361. The Kier molecular flexibility index (Phi) is 3.44. The summed E-state index contributed by atoms with van der Waals surface area (Å²) >= 11 is 0. The molecular formula is C13H18FNO. The van der Waals surface area contributed by atoms with Crippen molar-refractivity contribution in [3.63, 3.8) is 0 Å². The molecule has 0 saturated heterocycles. The van der Waals surface area contributed by atoms with Crippen molar-refractivity contribution >= 4 is 0 Å². The molecule has 0 spiro atoms. The van der Waals surface area contributed by atoms with Crippen molar-refractivity contribution in [2.24, 2.45) is 11.7 Å². The van der Waals surface area contributed by atoms with Gasteiger partial charge in [-0.3, -0.25) is 0 Å². The summed E-state index contributed by atoms with van der Waals surface area (Å²) in [5.41, 5.74) is 7.17. The van der Waals surface area contributed by atoms with Crippen LogP contribution in [0.4, 0.5) is 4.39 Å². The van der Waals surface area contributed by atoms with Gasteiger partial charge in [0, 0.05) is 6.04 Å². The van der Waals surface area contributed by atoms with E-state index in [1.165, 1.54) is 38.9 Å². The van der Waals surface area contributed by atoms with E-state index in [1.807, 2.05) is 0 Å². The summed E-state index contributed by atoms with van der Waals surface area (Å²) in [5.74, 6) is 0.492. The van der Waals surface area contributed by atoms with Crippen molar-refractivity contribution < 1.29 is 9.13 Å². The molecule has 0 aliphatic heterocycles. The highest BCUT2D eigenvalue weighted by Crippen LogP contribution is 2.35. The molecule has 16 heavy (non-hydrogen) atoms. The van der Waals surface area contributed by atoms with Crippen molar-refractivity contribution in [2.75, 3.05) is 7.11 Å². The second kappa shape index (κ2) is 4.83. The van der Waals surface area contributed by atoms with Crippen LogP contribution in [0.1, 0.15) is 37.3 Å². The number of nitrogens with two attached hydrogens (primary N) is 1. The quantitative estimate of drug-likeness (QED) is 0.854. The van der Waals surface area contributed by atoms with Gasteiger partial charge in [-0.05, 0) is 36.5 Å². The van der Waals surface area contributed by atoms with E-state index in [-0.39, 0.29) is 17.6 Å². The van der Waals surface area contributed by atoms with Crippen molar-refractivity contribution in [1.82, 2.24) is 0 Å². The van der Waals surface area contributed by atoms with Crippen LogP contribution in [-0.2, 0) is 0 Å².